The van der Waals surface area contributed by atoms with Crippen LogP contribution in [0.5, 0.6) is 0 Å². The third kappa shape index (κ3) is 5.48. The topological polar surface area (TPSA) is 105 Å². The summed E-state index contributed by atoms with van der Waals surface area (Å²) in [5, 5.41) is 18.0. The zero-order valence-corrected chi connectivity index (χ0v) is 26.4. The van der Waals surface area contributed by atoms with E-state index in [-0.39, 0.29) is 52.6 Å². The van der Waals surface area contributed by atoms with Crippen LogP contribution in [0.3, 0.4) is 0 Å². The first-order valence-corrected chi connectivity index (χ1v) is 16.7. The van der Waals surface area contributed by atoms with Gasteiger partial charge in [0, 0.05) is 33.8 Å². The highest BCUT2D eigenvalue weighted by Crippen LogP contribution is 2.68. The standard InChI is InChI=1S/C34H48N2O5S/c1-6-32(4)19-27(33(5)21(2)13-15-34(22(3)30(32)39)16-14-26(37)29(33)34)41-28(38)20-42-24-11-9-10-23(18-24)36-31(40)25-12-7-8-17-35-25/h6,9-11,18,21-22,25,27,29-30,35,39H,1,7-8,12-17,19-20H2,2-5H3,(H,36,40)/t21?,22-,25-,27+,29?,30?,32+,33-,34?/m0/s1. The number of hydrogen-bond acceptors (Lipinski definition) is 7. The summed E-state index contributed by atoms with van der Waals surface area (Å²) in [4.78, 5) is 40.6. The molecule has 8 heteroatoms. The fourth-order valence-corrected chi connectivity index (χ4v) is 9.54. The summed E-state index contributed by atoms with van der Waals surface area (Å²) in [5.41, 5.74) is -0.767. The number of Topliss-reactive ketones (excluding diaryl/α,β-unsaturated/α-hetero) is 1. The van der Waals surface area contributed by atoms with Crippen LogP contribution >= 0.6 is 11.8 Å². The predicted molar refractivity (Wildman–Crippen MR) is 166 cm³/mol. The molecule has 0 aromatic heterocycles. The van der Waals surface area contributed by atoms with Crippen LogP contribution in [0, 0.1) is 34.0 Å². The Hall–Kier alpha value is -2.16. The van der Waals surface area contributed by atoms with Crippen LogP contribution in [0.25, 0.3) is 0 Å². The zero-order valence-electron chi connectivity index (χ0n) is 25.6. The second-order valence-corrected chi connectivity index (χ2v) is 14.9. The Morgan fingerprint density at radius 1 is 1.21 bits per heavy atom. The first kappa shape index (κ1) is 31.3. The van der Waals surface area contributed by atoms with Crippen LogP contribution in [-0.4, -0.2) is 53.3 Å². The Balaban J connectivity index is 1.33. The number of amides is 1. The number of esters is 1. The number of rotatable bonds is 7. The number of piperidine rings is 1. The molecule has 4 aliphatic rings. The number of aliphatic hydroxyl groups is 1. The van der Waals surface area contributed by atoms with Crippen molar-refractivity contribution >= 4 is 35.1 Å². The molecular formula is C34H48N2O5S. The smallest absolute Gasteiger partial charge is 0.316 e. The molecule has 5 rings (SSSR count). The minimum atomic E-state index is -0.682. The third-order valence-corrected chi connectivity index (χ3v) is 12.6. The summed E-state index contributed by atoms with van der Waals surface area (Å²) >= 11 is 1.37. The van der Waals surface area contributed by atoms with Crippen molar-refractivity contribution < 1.29 is 24.2 Å². The Labute approximate surface area is 255 Å². The van der Waals surface area contributed by atoms with Gasteiger partial charge in [-0.1, -0.05) is 46.3 Å². The van der Waals surface area contributed by atoms with Crippen molar-refractivity contribution in [3.63, 3.8) is 0 Å². The number of nitrogens with one attached hydrogen (secondary N) is 2. The maximum absolute atomic E-state index is 13.6. The minimum Gasteiger partial charge on any atom is -0.461 e. The number of aliphatic hydroxyl groups excluding tert-OH is 1. The number of anilines is 1. The molecule has 2 bridgehead atoms. The second kappa shape index (κ2) is 12.1. The Bertz CT molecular complexity index is 1220. The summed E-state index contributed by atoms with van der Waals surface area (Å²) in [6.07, 6.45) is 7.17. The van der Waals surface area contributed by atoms with E-state index in [1.165, 1.54) is 11.8 Å². The molecule has 3 N–H and O–H groups in total. The molecule has 1 heterocycles. The number of benzene rings is 1. The molecule has 0 spiro atoms. The van der Waals surface area contributed by atoms with Gasteiger partial charge in [0.1, 0.15) is 11.9 Å². The summed E-state index contributed by atoms with van der Waals surface area (Å²) in [5.74, 6) is -0.114. The number of ether oxygens (including phenoxy) is 1. The fourth-order valence-electron chi connectivity index (χ4n) is 8.80. The van der Waals surface area contributed by atoms with E-state index < -0.39 is 23.0 Å². The van der Waals surface area contributed by atoms with Gasteiger partial charge in [-0.15, -0.1) is 18.3 Å². The number of carbonyl (C=O) groups is 3. The molecule has 4 fully saturated rings. The summed E-state index contributed by atoms with van der Waals surface area (Å²) in [6.45, 7) is 13.4. The van der Waals surface area contributed by atoms with Crippen molar-refractivity contribution in [2.45, 2.75) is 102 Å². The van der Waals surface area contributed by atoms with Gasteiger partial charge in [0.05, 0.1) is 17.9 Å². The van der Waals surface area contributed by atoms with Gasteiger partial charge < -0.3 is 20.5 Å². The van der Waals surface area contributed by atoms with Crippen molar-refractivity contribution in [2.75, 3.05) is 17.6 Å². The van der Waals surface area contributed by atoms with Crippen LogP contribution in [0.1, 0.15) is 79.1 Å². The number of hydrogen-bond donors (Lipinski definition) is 3. The largest absolute Gasteiger partial charge is 0.461 e. The molecule has 0 radical (unpaired) electrons. The van der Waals surface area contributed by atoms with Gasteiger partial charge in [0.2, 0.25) is 5.91 Å². The summed E-state index contributed by atoms with van der Waals surface area (Å²) < 4.78 is 6.37. The van der Waals surface area contributed by atoms with Crippen LogP contribution in [-0.2, 0) is 19.1 Å². The molecule has 3 saturated carbocycles. The number of carbonyl (C=O) groups excluding carboxylic acids is 3. The Morgan fingerprint density at radius 2 is 2.00 bits per heavy atom. The van der Waals surface area contributed by atoms with Crippen molar-refractivity contribution in [3.8, 4) is 0 Å². The lowest BCUT2D eigenvalue weighted by molar-refractivity contribution is -0.205. The van der Waals surface area contributed by atoms with Gasteiger partial charge in [0.25, 0.3) is 0 Å². The monoisotopic (exact) mass is 596 g/mol. The first-order valence-electron chi connectivity index (χ1n) is 15.8. The van der Waals surface area contributed by atoms with E-state index in [9.17, 15) is 19.5 Å². The SMILES string of the molecule is C=C[C@]1(C)C[C@@H](OC(=O)CSc2cccc(NC(=O)[C@@H]3CCCCN3)c2)[C@]2(C)C(C)CCC3(CCC(=O)C32)[C@@H](C)C1O. The molecule has 42 heavy (non-hydrogen) atoms. The summed E-state index contributed by atoms with van der Waals surface area (Å²) in [6, 6.07) is 7.36. The van der Waals surface area contributed by atoms with Gasteiger partial charge >= 0.3 is 5.97 Å². The van der Waals surface area contributed by atoms with E-state index in [1.54, 1.807) is 0 Å². The van der Waals surface area contributed by atoms with E-state index in [4.69, 9.17) is 4.74 Å². The molecule has 1 aliphatic heterocycles. The van der Waals surface area contributed by atoms with Gasteiger partial charge in [-0.25, -0.2) is 0 Å². The van der Waals surface area contributed by atoms with Crippen LogP contribution < -0.4 is 10.6 Å². The quantitative estimate of drug-likeness (QED) is 0.209. The minimum absolute atomic E-state index is 0.0327. The maximum Gasteiger partial charge on any atom is 0.316 e. The zero-order chi connectivity index (χ0) is 30.3. The third-order valence-electron chi connectivity index (χ3n) is 11.7. The van der Waals surface area contributed by atoms with E-state index in [2.05, 4.69) is 38.0 Å². The van der Waals surface area contributed by atoms with Gasteiger partial charge in [-0.3, -0.25) is 14.4 Å². The fraction of sp³-hybridized carbons (Fsp3) is 0.676. The van der Waals surface area contributed by atoms with Crippen molar-refractivity contribution in [3.05, 3.63) is 36.9 Å². The maximum atomic E-state index is 13.6. The van der Waals surface area contributed by atoms with Crippen molar-refractivity contribution in [1.29, 1.82) is 0 Å². The van der Waals surface area contributed by atoms with Crippen LogP contribution in [0.4, 0.5) is 5.69 Å². The molecule has 1 saturated heterocycles. The normalized spacial score (nSPS) is 39.9. The first-order chi connectivity index (χ1) is 19.9. The lowest BCUT2D eigenvalue weighted by Crippen LogP contribution is -2.63. The lowest BCUT2D eigenvalue weighted by atomic mass is 9.44. The molecule has 4 unspecified atom stereocenters. The highest BCUT2D eigenvalue weighted by molar-refractivity contribution is 8.00. The van der Waals surface area contributed by atoms with E-state index in [0.717, 1.165) is 50.0 Å². The van der Waals surface area contributed by atoms with Crippen molar-refractivity contribution in [2.24, 2.45) is 34.0 Å². The number of ketones is 1. The van der Waals surface area contributed by atoms with Gasteiger partial charge in [0.15, 0.2) is 0 Å². The molecular weight excluding hydrogens is 548 g/mol. The molecule has 3 aliphatic carbocycles. The highest BCUT2D eigenvalue weighted by atomic mass is 32.2. The average Bonchev–Trinajstić information content (AvgIpc) is 3.35. The van der Waals surface area contributed by atoms with Gasteiger partial charge in [-0.05, 0) is 80.5 Å². The molecule has 1 aromatic carbocycles. The van der Waals surface area contributed by atoms with E-state index in [1.807, 2.05) is 37.3 Å². The summed E-state index contributed by atoms with van der Waals surface area (Å²) in [7, 11) is 0. The van der Waals surface area contributed by atoms with Gasteiger partial charge in [-0.2, -0.15) is 0 Å². The molecule has 9 atom stereocenters. The van der Waals surface area contributed by atoms with Crippen LogP contribution in [0.15, 0.2) is 41.8 Å². The van der Waals surface area contributed by atoms with Crippen molar-refractivity contribution in [1.82, 2.24) is 5.32 Å². The average molecular weight is 597 g/mol. The lowest BCUT2D eigenvalue weighted by Gasteiger charge is -2.61. The highest BCUT2D eigenvalue weighted by Gasteiger charge is 2.68. The second-order valence-electron chi connectivity index (χ2n) is 13.9. The predicted octanol–water partition coefficient (Wildman–Crippen LogP) is 5.77. The molecule has 7 nitrogen and oxygen atoms in total. The molecule has 1 amide bonds. The molecule has 1 aromatic rings. The van der Waals surface area contributed by atoms with E-state index in [0.29, 0.717) is 18.5 Å². The number of thioether (sulfide) groups is 1. The Kier molecular flexibility index (Phi) is 9.00. The van der Waals surface area contributed by atoms with Crippen LogP contribution in [0.2, 0.25) is 0 Å². The van der Waals surface area contributed by atoms with E-state index >= 15 is 0 Å². The Morgan fingerprint density at radius 3 is 2.71 bits per heavy atom. The molecule has 230 valence electrons.